The van der Waals surface area contributed by atoms with Crippen molar-refractivity contribution in [1.29, 1.82) is 5.26 Å². The molecule has 0 unspecified atom stereocenters. The van der Waals surface area contributed by atoms with E-state index in [9.17, 15) is 0 Å². The lowest BCUT2D eigenvalue weighted by Crippen LogP contribution is -1.86. The molecule has 3 aromatic rings. The monoisotopic (exact) mass is 232 g/mol. The fraction of sp³-hybridized carbons (Fsp3) is 0. The standard InChI is InChI=1S/C15H10N3/c16-9-13-3-1-2-11(7-13)6-12-4-5-14-10-17-18-15(14)8-12/h1-8,10H,(H,17,18). The number of nitriles is 1. The molecule has 0 spiro atoms. The van der Waals surface area contributed by atoms with E-state index in [2.05, 4.69) is 16.3 Å². The Kier molecular flexibility index (Phi) is 2.54. The molecule has 3 heteroatoms. The molecule has 0 saturated carbocycles. The smallest absolute Gasteiger partial charge is 0.0991 e. The fourth-order valence-electron chi connectivity index (χ4n) is 1.93. The molecule has 0 aliphatic heterocycles. The lowest BCUT2D eigenvalue weighted by Gasteiger charge is -2.02. The zero-order valence-corrected chi connectivity index (χ0v) is 9.59. The normalized spacial score (nSPS) is 10.4. The summed E-state index contributed by atoms with van der Waals surface area (Å²) in [5.41, 5.74) is 3.79. The highest BCUT2D eigenvalue weighted by Gasteiger charge is 2.01. The molecule has 0 saturated heterocycles. The quantitative estimate of drug-likeness (QED) is 0.738. The van der Waals surface area contributed by atoms with Crippen molar-refractivity contribution in [2.45, 2.75) is 0 Å². The van der Waals surface area contributed by atoms with Crippen LogP contribution in [0, 0.1) is 17.8 Å². The van der Waals surface area contributed by atoms with Crippen molar-refractivity contribution in [2.75, 3.05) is 0 Å². The van der Waals surface area contributed by atoms with Gasteiger partial charge in [-0.3, -0.25) is 5.10 Å². The number of nitrogens with zero attached hydrogens (tertiary/aromatic N) is 2. The molecule has 18 heavy (non-hydrogen) atoms. The molecule has 1 radical (unpaired) electrons. The van der Waals surface area contributed by atoms with Crippen molar-refractivity contribution in [3.8, 4) is 6.07 Å². The van der Waals surface area contributed by atoms with E-state index in [4.69, 9.17) is 5.26 Å². The zero-order valence-electron chi connectivity index (χ0n) is 9.59. The first kappa shape index (κ1) is 10.5. The Bertz CT molecular complexity index is 735. The van der Waals surface area contributed by atoms with E-state index < -0.39 is 0 Å². The maximum absolute atomic E-state index is 8.86. The minimum absolute atomic E-state index is 0.673. The number of aromatic amines is 1. The average molecular weight is 232 g/mol. The van der Waals surface area contributed by atoms with E-state index >= 15 is 0 Å². The van der Waals surface area contributed by atoms with Crippen molar-refractivity contribution in [3.05, 3.63) is 71.8 Å². The van der Waals surface area contributed by atoms with Crippen LogP contribution < -0.4 is 0 Å². The topological polar surface area (TPSA) is 52.5 Å². The lowest BCUT2D eigenvalue weighted by molar-refractivity contribution is 1.12. The molecule has 0 aliphatic rings. The van der Waals surface area contributed by atoms with Gasteiger partial charge < -0.3 is 0 Å². The van der Waals surface area contributed by atoms with Gasteiger partial charge in [-0.25, -0.2) is 0 Å². The second-order valence-corrected chi connectivity index (χ2v) is 4.10. The van der Waals surface area contributed by atoms with Crippen molar-refractivity contribution in [1.82, 2.24) is 10.2 Å². The van der Waals surface area contributed by atoms with Crippen molar-refractivity contribution >= 4 is 10.9 Å². The van der Waals surface area contributed by atoms with Gasteiger partial charge in [0.25, 0.3) is 0 Å². The molecule has 1 aromatic heterocycles. The van der Waals surface area contributed by atoms with Crippen LogP contribution in [0.2, 0.25) is 0 Å². The Morgan fingerprint density at radius 3 is 2.89 bits per heavy atom. The molecular weight excluding hydrogens is 222 g/mol. The molecule has 85 valence electrons. The minimum atomic E-state index is 0.673. The van der Waals surface area contributed by atoms with Gasteiger partial charge in [0.05, 0.1) is 23.3 Å². The van der Waals surface area contributed by atoms with Gasteiger partial charge in [0.2, 0.25) is 0 Å². The highest BCUT2D eigenvalue weighted by atomic mass is 15.1. The van der Waals surface area contributed by atoms with E-state index in [0.717, 1.165) is 22.0 Å². The Morgan fingerprint density at radius 2 is 2.00 bits per heavy atom. The Labute approximate surface area is 105 Å². The predicted octanol–water partition coefficient (Wildman–Crippen LogP) is 3.04. The Balaban J connectivity index is 1.93. The van der Waals surface area contributed by atoms with Crippen LogP contribution in [0.25, 0.3) is 10.9 Å². The summed E-state index contributed by atoms with van der Waals surface area (Å²) in [7, 11) is 0. The summed E-state index contributed by atoms with van der Waals surface area (Å²) in [5, 5.41) is 16.9. The number of nitrogens with one attached hydrogen (secondary N) is 1. The molecule has 0 aliphatic carbocycles. The molecule has 1 heterocycles. The summed E-state index contributed by atoms with van der Waals surface area (Å²) in [6.07, 6.45) is 3.84. The van der Waals surface area contributed by atoms with Crippen LogP contribution in [0.1, 0.15) is 16.7 Å². The number of hydrogen-bond acceptors (Lipinski definition) is 2. The number of benzene rings is 2. The Morgan fingerprint density at radius 1 is 1.11 bits per heavy atom. The maximum Gasteiger partial charge on any atom is 0.0991 e. The summed E-state index contributed by atoms with van der Waals surface area (Å²) >= 11 is 0. The third-order valence-electron chi connectivity index (χ3n) is 2.82. The number of rotatable bonds is 2. The second kappa shape index (κ2) is 4.34. The van der Waals surface area contributed by atoms with Crippen LogP contribution in [0.4, 0.5) is 0 Å². The van der Waals surface area contributed by atoms with Gasteiger partial charge >= 0.3 is 0 Å². The number of H-pyrrole nitrogens is 1. The molecule has 3 nitrogen and oxygen atoms in total. The van der Waals surface area contributed by atoms with Crippen LogP contribution in [0.15, 0.2) is 48.7 Å². The number of hydrogen-bond donors (Lipinski definition) is 1. The van der Waals surface area contributed by atoms with Gasteiger partial charge in [-0.05, 0) is 29.3 Å². The molecular formula is C15H10N3. The van der Waals surface area contributed by atoms with Crippen molar-refractivity contribution < 1.29 is 0 Å². The lowest BCUT2D eigenvalue weighted by atomic mass is 10.0. The summed E-state index contributed by atoms with van der Waals surface area (Å²) in [4.78, 5) is 0. The largest absolute Gasteiger partial charge is 0.278 e. The highest BCUT2D eigenvalue weighted by Crippen LogP contribution is 2.18. The van der Waals surface area contributed by atoms with Crippen molar-refractivity contribution in [2.24, 2.45) is 0 Å². The SMILES string of the molecule is N#Cc1cccc([CH]c2ccc3cn[nH]c3c2)c1. The van der Waals surface area contributed by atoms with Gasteiger partial charge in [-0.15, -0.1) is 0 Å². The van der Waals surface area contributed by atoms with Gasteiger partial charge in [0, 0.05) is 11.8 Å². The van der Waals surface area contributed by atoms with Gasteiger partial charge in [0.15, 0.2) is 0 Å². The Hall–Kier alpha value is -2.60. The van der Waals surface area contributed by atoms with Crippen LogP contribution in [-0.4, -0.2) is 10.2 Å². The van der Waals surface area contributed by atoms with E-state index in [1.165, 1.54) is 0 Å². The summed E-state index contributed by atoms with van der Waals surface area (Å²) in [6, 6.07) is 15.8. The molecule has 1 N–H and O–H groups in total. The molecule has 0 fully saturated rings. The van der Waals surface area contributed by atoms with Gasteiger partial charge in [0.1, 0.15) is 0 Å². The van der Waals surface area contributed by atoms with Crippen LogP contribution in [-0.2, 0) is 0 Å². The predicted molar refractivity (Wildman–Crippen MR) is 69.8 cm³/mol. The van der Waals surface area contributed by atoms with Crippen LogP contribution in [0.5, 0.6) is 0 Å². The van der Waals surface area contributed by atoms with Crippen molar-refractivity contribution in [3.63, 3.8) is 0 Å². The van der Waals surface area contributed by atoms with E-state index in [0.29, 0.717) is 5.56 Å². The molecule has 0 bridgehead atoms. The second-order valence-electron chi connectivity index (χ2n) is 4.10. The summed E-state index contributed by atoms with van der Waals surface area (Å²) in [6.45, 7) is 0. The van der Waals surface area contributed by atoms with Gasteiger partial charge in [-0.2, -0.15) is 10.4 Å². The number of aromatic nitrogens is 2. The first-order valence-corrected chi connectivity index (χ1v) is 5.63. The van der Waals surface area contributed by atoms with E-state index in [1.807, 2.05) is 42.8 Å². The first-order chi connectivity index (χ1) is 8.85. The maximum atomic E-state index is 8.86. The minimum Gasteiger partial charge on any atom is -0.278 e. The van der Waals surface area contributed by atoms with Crippen LogP contribution in [0.3, 0.4) is 0 Å². The zero-order chi connectivity index (χ0) is 12.4. The molecule has 3 rings (SSSR count). The summed E-state index contributed by atoms with van der Waals surface area (Å²) in [5.74, 6) is 0. The van der Waals surface area contributed by atoms with E-state index in [-0.39, 0.29) is 0 Å². The number of fused-ring (bicyclic) bond motifs is 1. The molecule has 0 atom stereocenters. The van der Waals surface area contributed by atoms with E-state index in [1.54, 1.807) is 12.3 Å². The highest BCUT2D eigenvalue weighted by molar-refractivity contribution is 5.79. The third kappa shape index (κ3) is 1.96. The molecule has 2 aromatic carbocycles. The average Bonchev–Trinajstić information content (AvgIpc) is 2.86. The first-order valence-electron chi connectivity index (χ1n) is 5.63. The van der Waals surface area contributed by atoms with Gasteiger partial charge in [-0.1, -0.05) is 24.3 Å². The summed E-state index contributed by atoms with van der Waals surface area (Å²) < 4.78 is 0. The fourth-order valence-corrected chi connectivity index (χ4v) is 1.93. The third-order valence-corrected chi connectivity index (χ3v) is 2.82. The van der Waals surface area contributed by atoms with Crippen LogP contribution >= 0.6 is 0 Å². The molecule has 0 amide bonds.